The largest absolute Gasteiger partial charge is 0.461 e. The molecule has 0 amide bonds. The van der Waals surface area contributed by atoms with Gasteiger partial charge in [-0.05, 0) is 50.5 Å². The first-order valence-electron chi connectivity index (χ1n) is 7.60. The van der Waals surface area contributed by atoms with E-state index in [1.54, 1.807) is 11.6 Å². The van der Waals surface area contributed by atoms with Gasteiger partial charge in [0.05, 0.1) is 24.1 Å². The maximum atomic E-state index is 12.2. The van der Waals surface area contributed by atoms with Gasteiger partial charge in [-0.1, -0.05) is 12.1 Å². The highest BCUT2D eigenvalue weighted by Gasteiger charge is 2.26. The first-order chi connectivity index (χ1) is 11.1. The summed E-state index contributed by atoms with van der Waals surface area (Å²) >= 11 is 0. The van der Waals surface area contributed by atoms with Gasteiger partial charge in [0.1, 0.15) is 0 Å². The van der Waals surface area contributed by atoms with Crippen molar-refractivity contribution < 1.29 is 9.53 Å². The van der Waals surface area contributed by atoms with Gasteiger partial charge in [0, 0.05) is 11.1 Å². The van der Waals surface area contributed by atoms with Crippen molar-refractivity contribution in [3.05, 3.63) is 52.4 Å². The topological polar surface area (TPSA) is 67.9 Å². The Morgan fingerprint density at radius 2 is 2.26 bits per heavy atom. The van der Waals surface area contributed by atoms with E-state index in [1.807, 2.05) is 37.3 Å². The number of carbonyl (C=O) groups is 1. The van der Waals surface area contributed by atoms with Crippen LogP contribution in [-0.2, 0) is 11.2 Å². The molecule has 1 heterocycles. The predicted molar refractivity (Wildman–Crippen MR) is 86.2 cm³/mol. The van der Waals surface area contributed by atoms with Crippen LogP contribution in [0.3, 0.4) is 0 Å². The molecule has 0 bridgehead atoms. The van der Waals surface area contributed by atoms with Crippen LogP contribution in [0.5, 0.6) is 0 Å². The summed E-state index contributed by atoms with van der Waals surface area (Å²) in [5.41, 5.74) is 4.65. The molecule has 1 aliphatic carbocycles. The van der Waals surface area contributed by atoms with E-state index in [4.69, 9.17) is 4.74 Å². The second-order valence-corrected chi connectivity index (χ2v) is 5.47. The Balaban J connectivity index is 2.19. The maximum Gasteiger partial charge on any atom is 0.359 e. The van der Waals surface area contributed by atoms with Crippen molar-refractivity contribution in [1.29, 1.82) is 5.26 Å². The van der Waals surface area contributed by atoms with Crippen LogP contribution in [0.4, 0.5) is 0 Å². The molecule has 0 radical (unpaired) electrons. The third-order valence-corrected chi connectivity index (χ3v) is 3.84. The zero-order valence-corrected chi connectivity index (χ0v) is 13.2. The van der Waals surface area contributed by atoms with Crippen LogP contribution in [0.15, 0.2) is 29.8 Å². The van der Waals surface area contributed by atoms with Crippen molar-refractivity contribution in [2.75, 3.05) is 6.61 Å². The number of allylic oxidation sites excluding steroid dienone is 1. The highest BCUT2D eigenvalue weighted by molar-refractivity contribution is 5.90. The smallest absolute Gasteiger partial charge is 0.359 e. The molecule has 0 aliphatic heterocycles. The van der Waals surface area contributed by atoms with Crippen LogP contribution < -0.4 is 0 Å². The molecule has 3 rings (SSSR count). The number of ether oxygens (including phenoxy) is 1. The normalized spacial score (nSPS) is 13.0. The number of nitriles is 1. The molecule has 5 heteroatoms. The molecule has 1 aliphatic rings. The third-order valence-electron chi connectivity index (χ3n) is 3.84. The average Bonchev–Trinajstić information content (AvgIpc) is 2.93. The number of hydrogen-bond donors (Lipinski definition) is 0. The molecule has 0 N–H and O–H groups in total. The van der Waals surface area contributed by atoms with Gasteiger partial charge in [0.15, 0.2) is 5.69 Å². The monoisotopic (exact) mass is 307 g/mol. The van der Waals surface area contributed by atoms with Crippen LogP contribution in [0.2, 0.25) is 0 Å². The van der Waals surface area contributed by atoms with E-state index in [-0.39, 0.29) is 0 Å². The molecular weight excluding hydrogens is 290 g/mol. The Morgan fingerprint density at radius 1 is 1.43 bits per heavy atom. The van der Waals surface area contributed by atoms with E-state index < -0.39 is 5.97 Å². The van der Waals surface area contributed by atoms with Crippen LogP contribution >= 0.6 is 0 Å². The van der Waals surface area contributed by atoms with Gasteiger partial charge in [-0.3, -0.25) is 0 Å². The lowest BCUT2D eigenvalue weighted by Crippen LogP contribution is -2.09. The minimum atomic E-state index is -0.413. The molecule has 116 valence electrons. The number of aryl methyl sites for hydroxylation is 1. The van der Waals surface area contributed by atoms with Crippen molar-refractivity contribution in [2.24, 2.45) is 0 Å². The SMILES string of the molecule is CCOC(=O)c1nn(-c2cccc(C)c2)c2c1CCC(C#N)=C2. The summed E-state index contributed by atoms with van der Waals surface area (Å²) in [6.45, 7) is 4.09. The molecule has 0 fully saturated rings. The first kappa shape index (κ1) is 15.0. The molecule has 0 saturated carbocycles. The summed E-state index contributed by atoms with van der Waals surface area (Å²) in [7, 11) is 0. The number of fused-ring (bicyclic) bond motifs is 1. The highest BCUT2D eigenvalue weighted by atomic mass is 16.5. The summed E-state index contributed by atoms with van der Waals surface area (Å²) in [4.78, 5) is 12.2. The van der Waals surface area contributed by atoms with Crippen LogP contribution in [-0.4, -0.2) is 22.4 Å². The van der Waals surface area contributed by atoms with Crippen molar-refractivity contribution >= 4 is 12.0 Å². The van der Waals surface area contributed by atoms with E-state index in [0.29, 0.717) is 30.7 Å². The maximum absolute atomic E-state index is 12.2. The van der Waals surface area contributed by atoms with Gasteiger partial charge in [0.2, 0.25) is 0 Å². The van der Waals surface area contributed by atoms with Crippen LogP contribution in [0.1, 0.15) is 40.7 Å². The summed E-state index contributed by atoms with van der Waals surface area (Å²) in [6, 6.07) is 10.1. The van der Waals surface area contributed by atoms with E-state index in [2.05, 4.69) is 11.2 Å². The fourth-order valence-electron chi connectivity index (χ4n) is 2.76. The minimum absolute atomic E-state index is 0.310. The first-order valence-corrected chi connectivity index (χ1v) is 7.60. The van der Waals surface area contributed by atoms with Gasteiger partial charge in [-0.15, -0.1) is 0 Å². The quantitative estimate of drug-likeness (QED) is 0.817. The summed E-state index contributed by atoms with van der Waals surface area (Å²) < 4.78 is 6.85. The molecule has 2 aromatic rings. The number of aromatic nitrogens is 2. The minimum Gasteiger partial charge on any atom is -0.461 e. The Kier molecular flexibility index (Phi) is 3.98. The van der Waals surface area contributed by atoms with Crippen molar-refractivity contribution in [2.45, 2.75) is 26.7 Å². The van der Waals surface area contributed by atoms with Crippen LogP contribution in [0, 0.1) is 18.3 Å². The fourth-order valence-corrected chi connectivity index (χ4v) is 2.76. The molecule has 0 atom stereocenters. The lowest BCUT2D eigenvalue weighted by Gasteiger charge is -2.11. The lowest BCUT2D eigenvalue weighted by molar-refractivity contribution is 0.0517. The number of hydrogen-bond acceptors (Lipinski definition) is 4. The van der Waals surface area contributed by atoms with E-state index in [0.717, 1.165) is 22.5 Å². The second kappa shape index (κ2) is 6.09. The zero-order valence-electron chi connectivity index (χ0n) is 13.2. The summed E-state index contributed by atoms with van der Waals surface area (Å²) in [6.07, 6.45) is 3.06. The Hall–Kier alpha value is -2.87. The molecule has 23 heavy (non-hydrogen) atoms. The van der Waals surface area contributed by atoms with E-state index in [1.165, 1.54) is 0 Å². The molecule has 1 aromatic heterocycles. The van der Waals surface area contributed by atoms with E-state index >= 15 is 0 Å². The predicted octanol–water partition coefficient (Wildman–Crippen LogP) is 3.21. The lowest BCUT2D eigenvalue weighted by atomic mass is 9.96. The number of esters is 1. The van der Waals surface area contributed by atoms with Gasteiger partial charge >= 0.3 is 5.97 Å². The number of nitrogens with zero attached hydrogens (tertiary/aromatic N) is 3. The molecular formula is C18H17N3O2. The molecule has 5 nitrogen and oxygen atoms in total. The Labute approximate surface area is 134 Å². The van der Waals surface area contributed by atoms with Gasteiger partial charge in [-0.2, -0.15) is 10.4 Å². The third kappa shape index (κ3) is 2.76. The summed E-state index contributed by atoms with van der Waals surface area (Å²) in [5, 5.41) is 13.7. The van der Waals surface area contributed by atoms with Gasteiger partial charge in [-0.25, -0.2) is 9.48 Å². The second-order valence-electron chi connectivity index (χ2n) is 5.47. The van der Waals surface area contributed by atoms with Crippen molar-refractivity contribution in [1.82, 2.24) is 9.78 Å². The van der Waals surface area contributed by atoms with Gasteiger partial charge in [0.25, 0.3) is 0 Å². The standard InChI is InChI=1S/C18H17N3O2/c1-3-23-18(22)17-15-8-7-13(11-19)10-16(15)21(20-17)14-6-4-5-12(2)9-14/h4-6,9-10H,3,7-8H2,1-2H3. The number of carbonyl (C=O) groups excluding carboxylic acids is 1. The highest BCUT2D eigenvalue weighted by Crippen LogP contribution is 2.29. The average molecular weight is 307 g/mol. The number of benzene rings is 1. The van der Waals surface area contributed by atoms with Crippen molar-refractivity contribution in [3.8, 4) is 11.8 Å². The Bertz CT molecular complexity index is 840. The number of rotatable bonds is 3. The molecule has 0 saturated heterocycles. The molecule has 1 aromatic carbocycles. The van der Waals surface area contributed by atoms with E-state index in [9.17, 15) is 10.1 Å². The van der Waals surface area contributed by atoms with Crippen LogP contribution in [0.25, 0.3) is 11.8 Å². The molecule has 0 spiro atoms. The summed E-state index contributed by atoms with van der Waals surface area (Å²) in [5.74, 6) is -0.413. The fraction of sp³-hybridized carbons (Fsp3) is 0.278. The van der Waals surface area contributed by atoms with Gasteiger partial charge < -0.3 is 4.74 Å². The Morgan fingerprint density at radius 3 is 2.96 bits per heavy atom. The van der Waals surface area contributed by atoms with Crippen molar-refractivity contribution in [3.63, 3.8) is 0 Å². The zero-order chi connectivity index (χ0) is 16.4. The molecule has 0 unspecified atom stereocenters.